The largest absolute Gasteiger partial charge is 0.369 e. The Bertz CT molecular complexity index is 166. The van der Waals surface area contributed by atoms with Crippen LogP contribution in [0.25, 0.3) is 0 Å². The zero-order chi connectivity index (χ0) is 8.85. The smallest absolute Gasteiger partial charge is 0.0902 e. The van der Waals surface area contributed by atoms with Gasteiger partial charge in [-0.15, -0.1) is 0 Å². The van der Waals surface area contributed by atoms with Gasteiger partial charge in [0.15, 0.2) is 0 Å². The summed E-state index contributed by atoms with van der Waals surface area (Å²) in [6, 6.07) is 0. The predicted octanol–water partition coefficient (Wildman–Crippen LogP) is 2.28. The molecule has 0 aliphatic heterocycles. The van der Waals surface area contributed by atoms with E-state index in [2.05, 4.69) is 18.8 Å². The van der Waals surface area contributed by atoms with Gasteiger partial charge in [0, 0.05) is 19.8 Å². The van der Waals surface area contributed by atoms with E-state index in [-0.39, 0.29) is 0 Å². The number of nitrogens with zero attached hydrogens (tertiary/aromatic N) is 2. The third-order valence-electron chi connectivity index (χ3n) is 1.63. The van der Waals surface area contributed by atoms with Crippen molar-refractivity contribution in [2.24, 2.45) is 4.99 Å². The van der Waals surface area contributed by atoms with Gasteiger partial charge in [-0.3, -0.25) is 0 Å². The molecule has 64 valence electrons. The van der Waals surface area contributed by atoms with Gasteiger partial charge < -0.3 is 4.90 Å². The fourth-order valence-electron chi connectivity index (χ4n) is 0.568. The lowest BCUT2D eigenvalue weighted by Gasteiger charge is -2.03. The van der Waals surface area contributed by atoms with Crippen LogP contribution in [0.4, 0.5) is 0 Å². The third-order valence-corrected chi connectivity index (χ3v) is 1.63. The topological polar surface area (TPSA) is 15.6 Å². The molecule has 0 saturated heterocycles. The molecule has 0 unspecified atom stereocenters. The van der Waals surface area contributed by atoms with Crippen molar-refractivity contribution in [1.29, 1.82) is 0 Å². The second kappa shape index (κ2) is 4.94. The fraction of sp³-hybridized carbons (Fsp3) is 0.667. The highest BCUT2D eigenvalue weighted by atomic mass is 15.1. The summed E-state index contributed by atoms with van der Waals surface area (Å²) in [4.78, 5) is 6.21. The van der Waals surface area contributed by atoms with Gasteiger partial charge in [-0.1, -0.05) is 12.5 Å². The van der Waals surface area contributed by atoms with Gasteiger partial charge in [-0.05, 0) is 20.3 Å². The lowest BCUT2D eigenvalue weighted by atomic mass is 10.2. The van der Waals surface area contributed by atoms with Crippen molar-refractivity contribution >= 4 is 6.34 Å². The Balaban J connectivity index is 4.15. The number of aliphatic imine (C=N–C) groups is 1. The van der Waals surface area contributed by atoms with E-state index in [1.54, 1.807) is 0 Å². The quantitative estimate of drug-likeness (QED) is 0.450. The van der Waals surface area contributed by atoms with Crippen LogP contribution in [0.2, 0.25) is 0 Å². The van der Waals surface area contributed by atoms with E-state index in [0.29, 0.717) is 0 Å². The van der Waals surface area contributed by atoms with Crippen molar-refractivity contribution in [1.82, 2.24) is 4.90 Å². The van der Waals surface area contributed by atoms with Crippen molar-refractivity contribution in [3.63, 3.8) is 0 Å². The van der Waals surface area contributed by atoms with Crippen molar-refractivity contribution in [2.75, 3.05) is 14.1 Å². The maximum Gasteiger partial charge on any atom is 0.0902 e. The SMILES string of the molecule is CCC(C)=C(C)N=CN(C)C. The van der Waals surface area contributed by atoms with Crippen LogP contribution in [-0.4, -0.2) is 25.3 Å². The molecular formula is C9H18N2. The highest BCUT2D eigenvalue weighted by Crippen LogP contribution is 2.07. The Morgan fingerprint density at radius 1 is 1.36 bits per heavy atom. The Labute approximate surface area is 69.6 Å². The molecule has 0 aromatic carbocycles. The molecule has 2 nitrogen and oxygen atoms in total. The molecule has 11 heavy (non-hydrogen) atoms. The fourth-order valence-corrected chi connectivity index (χ4v) is 0.568. The molecule has 0 radical (unpaired) electrons. The van der Waals surface area contributed by atoms with Gasteiger partial charge in [0.05, 0.1) is 6.34 Å². The van der Waals surface area contributed by atoms with Gasteiger partial charge in [-0.2, -0.15) is 0 Å². The van der Waals surface area contributed by atoms with Crippen LogP contribution >= 0.6 is 0 Å². The standard InChI is InChI=1S/C9H18N2/c1-6-8(2)9(3)10-7-11(4)5/h7H,6H2,1-5H3. The Kier molecular flexibility index (Phi) is 4.59. The molecule has 0 aliphatic rings. The van der Waals surface area contributed by atoms with Crippen LogP contribution < -0.4 is 0 Å². The second-order valence-corrected chi connectivity index (χ2v) is 2.93. The highest BCUT2D eigenvalue weighted by Gasteiger charge is 1.89. The molecule has 0 heterocycles. The molecule has 0 spiro atoms. The van der Waals surface area contributed by atoms with E-state index in [9.17, 15) is 0 Å². The molecule has 0 bridgehead atoms. The Hall–Kier alpha value is -0.790. The van der Waals surface area contributed by atoms with Crippen LogP contribution in [-0.2, 0) is 0 Å². The molecular weight excluding hydrogens is 136 g/mol. The second-order valence-electron chi connectivity index (χ2n) is 2.93. The molecule has 0 amide bonds. The lowest BCUT2D eigenvalue weighted by molar-refractivity contribution is 0.641. The average Bonchev–Trinajstić information content (AvgIpc) is 1.98. The minimum Gasteiger partial charge on any atom is -0.369 e. The van der Waals surface area contributed by atoms with Crippen LogP contribution in [0.15, 0.2) is 16.3 Å². The summed E-state index contributed by atoms with van der Waals surface area (Å²) in [6.45, 7) is 6.30. The molecule has 0 aromatic rings. The van der Waals surface area contributed by atoms with Gasteiger partial charge in [0.2, 0.25) is 0 Å². The summed E-state index contributed by atoms with van der Waals surface area (Å²) >= 11 is 0. The van der Waals surface area contributed by atoms with E-state index in [4.69, 9.17) is 0 Å². The molecule has 0 fully saturated rings. The first kappa shape index (κ1) is 10.2. The average molecular weight is 154 g/mol. The van der Waals surface area contributed by atoms with Gasteiger partial charge in [0.25, 0.3) is 0 Å². The van der Waals surface area contributed by atoms with Gasteiger partial charge in [0.1, 0.15) is 0 Å². The summed E-state index contributed by atoms with van der Waals surface area (Å²) in [6.07, 6.45) is 2.91. The van der Waals surface area contributed by atoms with Crippen molar-refractivity contribution in [2.45, 2.75) is 27.2 Å². The minimum atomic E-state index is 1.08. The summed E-state index contributed by atoms with van der Waals surface area (Å²) < 4.78 is 0. The lowest BCUT2D eigenvalue weighted by Crippen LogP contribution is -2.07. The normalized spacial score (nSPS) is 13.5. The maximum absolute atomic E-state index is 4.27. The minimum absolute atomic E-state index is 1.08. The van der Waals surface area contributed by atoms with E-state index in [1.807, 2.05) is 32.3 Å². The maximum atomic E-state index is 4.27. The Morgan fingerprint density at radius 3 is 2.27 bits per heavy atom. The first-order valence-corrected chi connectivity index (χ1v) is 3.95. The number of hydrogen-bond donors (Lipinski definition) is 0. The van der Waals surface area contributed by atoms with Crippen LogP contribution in [0.3, 0.4) is 0 Å². The third kappa shape index (κ3) is 4.59. The van der Waals surface area contributed by atoms with Gasteiger partial charge in [-0.25, -0.2) is 4.99 Å². The van der Waals surface area contributed by atoms with Gasteiger partial charge >= 0.3 is 0 Å². The molecule has 2 heteroatoms. The Morgan fingerprint density at radius 2 is 1.91 bits per heavy atom. The molecule has 0 saturated carbocycles. The summed E-state index contributed by atoms with van der Waals surface area (Å²) in [7, 11) is 3.94. The molecule has 0 atom stereocenters. The number of hydrogen-bond acceptors (Lipinski definition) is 1. The van der Waals surface area contributed by atoms with Crippen molar-refractivity contribution < 1.29 is 0 Å². The van der Waals surface area contributed by atoms with Crippen molar-refractivity contribution in [3.8, 4) is 0 Å². The monoisotopic (exact) mass is 154 g/mol. The van der Waals surface area contributed by atoms with E-state index in [1.165, 1.54) is 5.57 Å². The van der Waals surface area contributed by atoms with Crippen LogP contribution in [0.5, 0.6) is 0 Å². The van der Waals surface area contributed by atoms with E-state index in [0.717, 1.165) is 12.1 Å². The number of rotatable bonds is 3. The van der Waals surface area contributed by atoms with Crippen molar-refractivity contribution in [3.05, 3.63) is 11.3 Å². The molecule has 0 rings (SSSR count). The summed E-state index contributed by atoms with van der Waals surface area (Å²) in [5.41, 5.74) is 2.48. The molecule has 0 N–H and O–H groups in total. The first-order chi connectivity index (χ1) is 5.07. The first-order valence-electron chi connectivity index (χ1n) is 3.95. The van der Waals surface area contributed by atoms with Crippen LogP contribution in [0, 0.1) is 0 Å². The van der Waals surface area contributed by atoms with Crippen LogP contribution in [0.1, 0.15) is 27.2 Å². The molecule has 0 aromatic heterocycles. The summed E-state index contributed by atoms with van der Waals surface area (Å²) in [5, 5.41) is 0. The summed E-state index contributed by atoms with van der Waals surface area (Å²) in [5.74, 6) is 0. The van der Waals surface area contributed by atoms with E-state index >= 15 is 0 Å². The number of allylic oxidation sites excluding steroid dienone is 2. The zero-order valence-electron chi connectivity index (χ0n) is 8.18. The highest BCUT2D eigenvalue weighted by molar-refractivity contribution is 5.55. The zero-order valence-corrected chi connectivity index (χ0v) is 8.18. The van der Waals surface area contributed by atoms with E-state index < -0.39 is 0 Å². The predicted molar refractivity (Wildman–Crippen MR) is 50.8 cm³/mol. The molecule has 0 aliphatic carbocycles.